The molecule has 0 radical (unpaired) electrons. The van der Waals surface area contributed by atoms with E-state index in [0.29, 0.717) is 11.8 Å². The molecule has 0 saturated carbocycles. The zero-order chi connectivity index (χ0) is 19.8. The second-order valence-corrected chi connectivity index (χ2v) is 8.10. The zero-order valence-corrected chi connectivity index (χ0v) is 17.0. The second-order valence-electron chi connectivity index (χ2n) is 8.10. The lowest BCUT2D eigenvalue weighted by atomic mass is 9.89. The molecule has 2 fully saturated rings. The number of nitrogens with zero attached hydrogens (tertiary/aromatic N) is 4. The van der Waals surface area contributed by atoms with Gasteiger partial charge in [0.2, 0.25) is 0 Å². The van der Waals surface area contributed by atoms with Gasteiger partial charge in [0.25, 0.3) is 0 Å². The van der Waals surface area contributed by atoms with Gasteiger partial charge in [-0.25, -0.2) is 4.79 Å². The first kappa shape index (κ1) is 18.8. The first-order chi connectivity index (χ1) is 13.5. The van der Waals surface area contributed by atoms with Crippen molar-refractivity contribution in [1.82, 2.24) is 19.9 Å². The summed E-state index contributed by atoms with van der Waals surface area (Å²) < 4.78 is 10.7. The summed E-state index contributed by atoms with van der Waals surface area (Å²) in [6.45, 7) is 5.40. The van der Waals surface area contributed by atoms with E-state index in [1.54, 1.807) is 12.0 Å². The summed E-state index contributed by atoms with van der Waals surface area (Å²) in [7, 11) is 5.31. The number of carbonyl (C=O) groups is 1. The Morgan fingerprint density at radius 3 is 2.61 bits per heavy atom. The van der Waals surface area contributed by atoms with Crippen molar-refractivity contribution in [2.24, 2.45) is 11.8 Å². The van der Waals surface area contributed by atoms with Gasteiger partial charge in [0.1, 0.15) is 5.75 Å². The normalized spacial score (nSPS) is 24.4. The van der Waals surface area contributed by atoms with Gasteiger partial charge in [-0.3, -0.25) is 4.90 Å². The Balaban J connectivity index is 1.56. The van der Waals surface area contributed by atoms with E-state index in [9.17, 15) is 4.79 Å². The largest absolute Gasteiger partial charge is 0.497 e. The first-order valence-corrected chi connectivity index (χ1v) is 9.72. The van der Waals surface area contributed by atoms with Crippen molar-refractivity contribution in [1.29, 1.82) is 0 Å². The van der Waals surface area contributed by atoms with Gasteiger partial charge >= 0.3 is 6.03 Å². The molecule has 0 unspecified atom stereocenters. The summed E-state index contributed by atoms with van der Waals surface area (Å²) in [6.07, 6.45) is 0. The molecule has 0 bridgehead atoms. The minimum absolute atomic E-state index is 0.0762. The number of hydrogen-bond donors (Lipinski definition) is 0. The lowest BCUT2D eigenvalue weighted by Crippen LogP contribution is -2.41. The molecule has 2 aromatic rings. The fraction of sp³-hybridized carbons (Fsp3) is 0.524. The summed E-state index contributed by atoms with van der Waals surface area (Å²) >= 11 is 0. The van der Waals surface area contributed by atoms with Gasteiger partial charge in [-0.2, -0.15) is 0 Å². The van der Waals surface area contributed by atoms with Crippen LogP contribution in [0.3, 0.4) is 0 Å². The van der Waals surface area contributed by atoms with Gasteiger partial charge in [-0.1, -0.05) is 17.3 Å². The summed E-state index contributed by atoms with van der Waals surface area (Å²) in [6, 6.07) is 10.3. The molecule has 1 aromatic heterocycles. The molecule has 1 aromatic carbocycles. The Morgan fingerprint density at radius 1 is 1.25 bits per heavy atom. The monoisotopic (exact) mass is 384 g/mol. The van der Waals surface area contributed by atoms with Gasteiger partial charge in [-0.15, -0.1) is 0 Å². The Bertz CT molecular complexity index is 832. The SMILES string of the molecule is COc1ccc([C@H]2[C@@H]3CN(Cc4cc(C)no4)C[C@@H]3CN2C(=O)N(C)C)cc1. The standard InChI is InChI=1S/C21H28N4O3/c1-14-9-18(28-22-14)12-24-10-16-11-25(21(26)23(2)3)20(19(16)13-24)15-5-7-17(27-4)8-6-15/h5-9,16,19-20H,10-13H2,1-4H3/t16-,19-,20+/m1/s1. The minimum atomic E-state index is 0.0762. The Hall–Kier alpha value is -2.54. The third-order valence-electron chi connectivity index (χ3n) is 5.88. The van der Waals surface area contributed by atoms with Crippen molar-refractivity contribution >= 4 is 6.03 Å². The maximum Gasteiger partial charge on any atom is 0.320 e. The van der Waals surface area contributed by atoms with E-state index in [2.05, 4.69) is 22.2 Å². The molecular weight excluding hydrogens is 356 g/mol. The third kappa shape index (κ3) is 3.46. The molecule has 0 N–H and O–H groups in total. The van der Waals surface area contributed by atoms with Crippen LogP contribution in [0.5, 0.6) is 5.75 Å². The molecule has 4 rings (SSSR count). The third-order valence-corrected chi connectivity index (χ3v) is 5.88. The highest BCUT2D eigenvalue weighted by Crippen LogP contribution is 2.45. The van der Waals surface area contributed by atoms with Gasteiger partial charge in [-0.05, 0) is 30.5 Å². The lowest BCUT2D eigenvalue weighted by Gasteiger charge is -2.31. The topological polar surface area (TPSA) is 62.1 Å². The number of carbonyl (C=O) groups excluding carboxylic acids is 1. The fourth-order valence-corrected chi connectivity index (χ4v) is 4.66. The summed E-state index contributed by atoms with van der Waals surface area (Å²) in [5.74, 6) is 2.60. The second kappa shape index (κ2) is 7.47. The van der Waals surface area contributed by atoms with Crippen LogP contribution >= 0.6 is 0 Å². The molecule has 0 aliphatic carbocycles. The Morgan fingerprint density at radius 2 is 2.00 bits per heavy atom. The van der Waals surface area contributed by atoms with Crippen LogP contribution in [0.4, 0.5) is 4.79 Å². The lowest BCUT2D eigenvalue weighted by molar-refractivity contribution is 0.150. The molecule has 2 amide bonds. The van der Waals surface area contributed by atoms with E-state index < -0.39 is 0 Å². The van der Waals surface area contributed by atoms with Crippen molar-refractivity contribution in [2.75, 3.05) is 40.8 Å². The van der Waals surface area contributed by atoms with Gasteiger partial charge in [0.05, 0.1) is 25.4 Å². The maximum atomic E-state index is 12.8. The Labute approximate surface area is 165 Å². The average Bonchev–Trinajstić information content (AvgIpc) is 3.35. The predicted octanol–water partition coefficient (Wildman–Crippen LogP) is 2.78. The number of ether oxygens (including phenoxy) is 1. The maximum absolute atomic E-state index is 12.8. The predicted molar refractivity (Wildman–Crippen MR) is 105 cm³/mol. The van der Waals surface area contributed by atoms with Gasteiger partial charge in [0.15, 0.2) is 5.76 Å². The Kier molecular flexibility index (Phi) is 5.02. The van der Waals surface area contributed by atoms with E-state index in [1.807, 2.05) is 44.1 Å². The number of fused-ring (bicyclic) bond motifs is 1. The number of amides is 2. The van der Waals surface area contributed by atoms with Crippen molar-refractivity contribution < 1.29 is 14.1 Å². The van der Waals surface area contributed by atoms with E-state index in [-0.39, 0.29) is 12.1 Å². The van der Waals surface area contributed by atoms with Crippen LogP contribution < -0.4 is 4.74 Å². The number of aryl methyl sites for hydroxylation is 1. The smallest absolute Gasteiger partial charge is 0.320 e. The number of hydrogen-bond acceptors (Lipinski definition) is 5. The molecule has 2 aliphatic rings. The van der Waals surface area contributed by atoms with Crippen molar-refractivity contribution in [2.45, 2.75) is 19.5 Å². The summed E-state index contributed by atoms with van der Waals surface area (Å²) in [4.78, 5) is 19.0. The summed E-state index contributed by atoms with van der Waals surface area (Å²) in [5.41, 5.74) is 2.08. The molecule has 3 atom stereocenters. The molecular formula is C21H28N4O3. The van der Waals surface area contributed by atoms with Crippen molar-refractivity contribution in [3.8, 4) is 5.75 Å². The van der Waals surface area contributed by atoms with Gasteiger partial charge < -0.3 is 19.1 Å². The van der Waals surface area contributed by atoms with Crippen molar-refractivity contribution in [3.05, 3.63) is 47.3 Å². The van der Waals surface area contributed by atoms with E-state index in [1.165, 1.54) is 5.56 Å². The fourth-order valence-electron chi connectivity index (χ4n) is 4.66. The number of benzene rings is 1. The zero-order valence-electron chi connectivity index (χ0n) is 17.0. The number of urea groups is 1. The van der Waals surface area contributed by atoms with Crippen LogP contribution in [-0.4, -0.2) is 66.7 Å². The van der Waals surface area contributed by atoms with E-state index in [0.717, 1.165) is 43.4 Å². The molecule has 2 saturated heterocycles. The molecule has 150 valence electrons. The molecule has 7 nitrogen and oxygen atoms in total. The highest BCUT2D eigenvalue weighted by Gasteiger charge is 2.49. The highest BCUT2D eigenvalue weighted by molar-refractivity contribution is 5.75. The molecule has 3 heterocycles. The number of aromatic nitrogens is 1. The number of likely N-dealkylation sites (tertiary alicyclic amines) is 2. The van der Waals surface area contributed by atoms with Crippen LogP contribution in [0.1, 0.15) is 23.1 Å². The van der Waals surface area contributed by atoms with Gasteiger partial charge in [0, 0.05) is 45.7 Å². The quantitative estimate of drug-likeness (QED) is 0.811. The average molecular weight is 384 g/mol. The van der Waals surface area contributed by atoms with Crippen molar-refractivity contribution in [3.63, 3.8) is 0 Å². The number of rotatable bonds is 4. The van der Waals surface area contributed by atoms with E-state index >= 15 is 0 Å². The van der Waals surface area contributed by atoms with Crippen LogP contribution in [0.25, 0.3) is 0 Å². The number of methoxy groups -OCH3 is 1. The van der Waals surface area contributed by atoms with Crippen LogP contribution in [0.2, 0.25) is 0 Å². The summed E-state index contributed by atoms with van der Waals surface area (Å²) in [5, 5.41) is 3.99. The van der Waals surface area contributed by atoms with E-state index in [4.69, 9.17) is 9.26 Å². The van der Waals surface area contributed by atoms with Crippen LogP contribution in [0, 0.1) is 18.8 Å². The van der Waals surface area contributed by atoms with Crippen LogP contribution in [0.15, 0.2) is 34.9 Å². The molecule has 7 heteroatoms. The van der Waals surface area contributed by atoms with Crippen LogP contribution in [-0.2, 0) is 6.54 Å². The molecule has 0 spiro atoms. The highest BCUT2D eigenvalue weighted by atomic mass is 16.5. The minimum Gasteiger partial charge on any atom is -0.497 e. The molecule has 28 heavy (non-hydrogen) atoms. The molecule has 2 aliphatic heterocycles. The first-order valence-electron chi connectivity index (χ1n) is 9.72.